The van der Waals surface area contributed by atoms with E-state index in [2.05, 4.69) is 14.2 Å². The molecule has 0 amide bonds. The molecule has 0 bridgehead atoms. The minimum absolute atomic E-state index is 0.426. The molecule has 1 rings (SSSR count). The molecule has 82 valence electrons. The van der Waals surface area contributed by atoms with E-state index in [-0.39, 0.29) is 0 Å². The van der Waals surface area contributed by atoms with Crippen LogP contribution in [0.15, 0.2) is 12.1 Å². The van der Waals surface area contributed by atoms with Crippen LogP contribution in [0.1, 0.15) is 16.7 Å². The van der Waals surface area contributed by atoms with E-state index in [9.17, 15) is 0 Å². The van der Waals surface area contributed by atoms with Crippen LogP contribution in [-0.2, 0) is 22.7 Å². The molecule has 0 N–H and O–H groups in total. The molecule has 0 unspecified atom stereocenters. The molecule has 1 aromatic rings. The first-order valence-corrected chi connectivity index (χ1v) is 4.63. The maximum atomic E-state index is 5.32. The Kier molecular flexibility index (Phi) is 4.59. The SMILES string of the molecule is [CH2]OCc1cc(C)cc(CO[CH2])c1OC. The largest absolute Gasteiger partial charge is 0.496 e. The molecule has 15 heavy (non-hydrogen) atoms. The summed E-state index contributed by atoms with van der Waals surface area (Å²) < 4.78 is 15.1. The number of aryl methyl sites for hydroxylation is 1. The standard InChI is InChI=1S/C12H16O3/c1-9-5-10(7-13-2)12(15-4)11(6-9)8-14-3/h5-6H,2-3,7-8H2,1,4H3. The second kappa shape index (κ2) is 5.73. The van der Waals surface area contributed by atoms with Gasteiger partial charge in [0.2, 0.25) is 0 Å². The molecule has 0 fully saturated rings. The Morgan fingerprint density at radius 3 is 1.87 bits per heavy atom. The van der Waals surface area contributed by atoms with Crippen molar-refractivity contribution in [3.05, 3.63) is 43.0 Å². The highest BCUT2D eigenvalue weighted by atomic mass is 16.5. The molecule has 0 heterocycles. The van der Waals surface area contributed by atoms with Gasteiger partial charge in [-0.2, -0.15) is 0 Å². The lowest BCUT2D eigenvalue weighted by Crippen LogP contribution is -2.00. The number of rotatable bonds is 5. The van der Waals surface area contributed by atoms with Crippen molar-refractivity contribution in [2.75, 3.05) is 7.11 Å². The summed E-state index contributed by atoms with van der Waals surface area (Å²) in [7, 11) is 8.35. The average molecular weight is 208 g/mol. The van der Waals surface area contributed by atoms with Crippen molar-refractivity contribution in [1.82, 2.24) is 0 Å². The van der Waals surface area contributed by atoms with Gasteiger partial charge in [0.15, 0.2) is 0 Å². The van der Waals surface area contributed by atoms with Gasteiger partial charge in [0.1, 0.15) is 5.75 Å². The molecule has 0 aliphatic rings. The number of methoxy groups -OCH3 is 1. The van der Waals surface area contributed by atoms with Gasteiger partial charge in [-0.05, 0) is 6.92 Å². The molecule has 3 heteroatoms. The van der Waals surface area contributed by atoms with Gasteiger partial charge in [0, 0.05) is 11.1 Å². The summed E-state index contributed by atoms with van der Waals surface area (Å²) >= 11 is 0. The smallest absolute Gasteiger partial charge is 0.129 e. The maximum Gasteiger partial charge on any atom is 0.129 e. The molecule has 1 aromatic carbocycles. The first-order valence-electron chi connectivity index (χ1n) is 4.63. The van der Waals surface area contributed by atoms with Crippen molar-refractivity contribution < 1.29 is 14.2 Å². The quantitative estimate of drug-likeness (QED) is 0.744. The lowest BCUT2D eigenvalue weighted by Gasteiger charge is -2.14. The molecule has 0 saturated heterocycles. The second-order valence-corrected chi connectivity index (χ2v) is 3.31. The minimum Gasteiger partial charge on any atom is -0.496 e. The fourth-order valence-corrected chi connectivity index (χ4v) is 1.63. The van der Waals surface area contributed by atoms with E-state index in [4.69, 9.17) is 14.2 Å². The van der Waals surface area contributed by atoms with E-state index in [0.717, 1.165) is 22.4 Å². The monoisotopic (exact) mass is 208 g/mol. The third-order valence-corrected chi connectivity index (χ3v) is 2.11. The maximum absolute atomic E-state index is 5.32. The van der Waals surface area contributed by atoms with Gasteiger partial charge in [-0.15, -0.1) is 0 Å². The van der Waals surface area contributed by atoms with Gasteiger partial charge in [-0.25, -0.2) is 0 Å². The summed E-state index contributed by atoms with van der Waals surface area (Å²) in [5.41, 5.74) is 3.08. The van der Waals surface area contributed by atoms with Gasteiger partial charge < -0.3 is 14.2 Å². The van der Waals surface area contributed by atoms with E-state index in [1.165, 1.54) is 0 Å². The van der Waals surface area contributed by atoms with E-state index in [0.29, 0.717) is 13.2 Å². The lowest BCUT2D eigenvalue weighted by molar-refractivity contribution is 0.214. The molecular formula is C12H16O3. The highest BCUT2D eigenvalue weighted by Gasteiger charge is 2.10. The van der Waals surface area contributed by atoms with Gasteiger partial charge in [0.25, 0.3) is 0 Å². The summed E-state index contributed by atoms with van der Waals surface area (Å²) in [4.78, 5) is 0. The molecule has 3 nitrogen and oxygen atoms in total. The van der Waals surface area contributed by atoms with E-state index >= 15 is 0 Å². The second-order valence-electron chi connectivity index (χ2n) is 3.31. The number of ether oxygens (including phenoxy) is 3. The Labute approximate surface area is 91.0 Å². The van der Waals surface area contributed by atoms with Crippen molar-refractivity contribution in [3.8, 4) is 5.75 Å². The zero-order valence-electron chi connectivity index (χ0n) is 9.21. The van der Waals surface area contributed by atoms with Crippen LogP contribution >= 0.6 is 0 Å². The number of hydrogen-bond acceptors (Lipinski definition) is 3. The normalized spacial score (nSPS) is 10.4. The predicted octanol–water partition coefficient (Wildman–Crippen LogP) is 2.62. The summed E-state index contributed by atoms with van der Waals surface area (Å²) in [6.07, 6.45) is 0. The van der Waals surface area contributed by atoms with Crippen LogP contribution in [0.5, 0.6) is 5.75 Å². The van der Waals surface area contributed by atoms with E-state index in [1.807, 2.05) is 19.1 Å². The number of hydrogen-bond donors (Lipinski definition) is 0. The van der Waals surface area contributed by atoms with Gasteiger partial charge in [0.05, 0.1) is 34.5 Å². The van der Waals surface area contributed by atoms with Crippen LogP contribution in [0, 0.1) is 21.1 Å². The molecule has 0 aliphatic heterocycles. The average Bonchev–Trinajstić information content (AvgIpc) is 2.18. The molecule has 0 saturated carbocycles. The Bertz CT molecular complexity index is 294. The Hall–Kier alpha value is -1.06. The first-order chi connectivity index (χ1) is 7.22. The summed E-state index contributed by atoms with van der Waals surface area (Å²) in [5.74, 6) is 0.785. The first kappa shape index (κ1) is 12.0. The predicted molar refractivity (Wildman–Crippen MR) is 58.0 cm³/mol. The minimum atomic E-state index is 0.426. The Morgan fingerprint density at radius 1 is 1.07 bits per heavy atom. The third-order valence-electron chi connectivity index (χ3n) is 2.11. The summed E-state index contributed by atoms with van der Waals surface area (Å²) in [5, 5.41) is 0. The molecule has 0 aromatic heterocycles. The fraction of sp³-hybridized carbons (Fsp3) is 0.333. The van der Waals surface area contributed by atoms with Gasteiger partial charge >= 0.3 is 0 Å². The molecule has 0 aliphatic carbocycles. The topological polar surface area (TPSA) is 27.7 Å². The zero-order chi connectivity index (χ0) is 11.3. The lowest BCUT2D eigenvalue weighted by atomic mass is 10.1. The van der Waals surface area contributed by atoms with Crippen molar-refractivity contribution in [1.29, 1.82) is 0 Å². The summed E-state index contributed by atoms with van der Waals surface area (Å²) in [6.45, 7) is 2.86. The molecular weight excluding hydrogens is 192 g/mol. The summed E-state index contributed by atoms with van der Waals surface area (Å²) in [6, 6.07) is 4.02. The van der Waals surface area contributed by atoms with Crippen LogP contribution in [0.3, 0.4) is 0 Å². The Balaban J connectivity index is 3.12. The molecule has 2 radical (unpaired) electrons. The zero-order valence-corrected chi connectivity index (χ0v) is 9.21. The Morgan fingerprint density at radius 2 is 1.53 bits per heavy atom. The fourth-order valence-electron chi connectivity index (χ4n) is 1.63. The van der Waals surface area contributed by atoms with Crippen LogP contribution in [0.25, 0.3) is 0 Å². The van der Waals surface area contributed by atoms with Crippen molar-refractivity contribution in [2.45, 2.75) is 20.1 Å². The van der Waals surface area contributed by atoms with Gasteiger partial charge in [-0.3, -0.25) is 0 Å². The van der Waals surface area contributed by atoms with E-state index < -0.39 is 0 Å². The van der Waals surface area contributed by atoms with Crippen LogP contribution in [0.4, 0.5) is 0 Å². The van der Waals surface area contributed by atoms with Crippen LogP contribution in [-0.4, -0.2) is 7.11 Å². The van der Waals surface area contributed by atoms with Crippen molar-refractivity contribution >= 4 is 0 Å². The number of benzene rings is 1. The van der Waals surface area contributed by atoms with E-state index in [1.54, 1.807) is 7.11 Å². The van der Waals surface area contributed by atoms with Crippen LogP contribution in [0.2, 0.25) is 0 Å². The van der Waals surface area contributed by atoms with Crippen molar-refractivity contribution in [3.63, 3.8) is 0 Å². The third kappa shape index (κ3) is 2.94. The highest BCUT2D eigenvalue weighted by molar-refractivity contribution is 5.44. The van der Waals surface area contributed by atoms with Gasteiger partial charge in [-0.1, -0.05) is 17.7 Å². The van der Waals surface area contributed by atoms with Crippen LogP contribution < -0.4 is 4.74 Å². The highest BCUT2D eigenvalue weighted by Crippen LogP contribution is 2.27. The van der Waals surface area contributed by atoms with Crippen molar-refractivity contribution in [2.24, 2.45) is 0 Å². The molecule has 0 atom stereocenters. The molecule has 0 spiro atoms.